The third-order valence-corrected chi connectivity index (χ3v) is 5.00. The van der Waals surface area contributed by atoms with Crippen LogP contribution in [0.3, 0.4) is 0 Å². The van der Waals surface area contributed by atoms with E-state index in [0.717, 1.165) is 25.9 Å². The highest BCUT2D eigenvalue weighted by molar-refractivity contribution is 5.91. The molecule has 0 spiro atoms. The van der Waals surface area contributed by atoms with Gasteiger partial charge in [0.25, 0.3) is 0 Å². The fraction of sp³-hybridized carbons (Fsp3) is 0.333. The van der Waals surface area contributed by atoms with Crippen molar-refractivity contribution < 1.29 is 14.2 Å². The molecule has 1 atom stereocenters. The second-order valence-electron chi connectivity index (χ2n) is 6.96. The Kier molecular flexibility index (Phi) is 4.90. The van der Waals surface area contributed by atoms with Gasteiger partial charge in [-0.2, -0.15) is 0 Å². The minimum Gasteiger partial charge on any atom is -0.507 e. The summed E-state index contributed by atoms with van der Waals surface area (Å²) in [5.41, 5.74) is 1.23. The standard InChI is InChI=1S/C21H22FN3O2/c1-27-13-14-5-4-10-25(12-14)21-17-11-15(22)8-9-18(17)23-20(24-21)16-6-2-3-7-19(16)26/h2-3,6-9,11,14,26H,4-5,10,12-13H2,1H3. The van der Waals surface area contributed by atoms with Crippen LogP contribution in [0.4, 0.5) is 10.2 Å². The summed E-state index contributed by atoms with van der Waals surface area (Å²) in [4.78, 5) is 11.5. The number of phenolic OH excluding ortho intramolecular Hbond substituents is 1. The zero-order valence-corrected chi connectivity index (χ0v) is 15.2. The first-order valence-electron chi connectivity index (χ1n) is 9.15. The monoisotopic (exact) mass is 367 g/mol. The maximum absolute atomic E-state index is 13.9. The number of rotatable bonds is 4. The second kappa shape index (κ2) is 7.48. The highest BCUT2D eigenvalue weighted by atomic mass is 19.1. The lowest BCUT2D eigenvalue weighted by Crippen LogP contribution is -2.37. The number of anilines is 1. The van der Waals surface area contributed by atoms with Crippen LogP contribution in [0, 0.1) is 11.7 Å². The third-order valence-electron chi connectivity index (χ3n) is 5.00. The van der Waals surface area contributed by atoms with E-state index in [-0.39, 0.29) is 11.6 Å². The van der Waals surface area contributed by atoms with Crippen molar-refractivity contribution in [3.63, 3.8) is 0 Å². The topological polar surface area (TPSA) is 58.5 Å². The van der Waals surface area contributed by atoms with Crippen molar-refractivity contribution in [2.45, 2.75) is 12.8 Å². The molecule has 1 fully saturated rings. The minimum absolute atomic E-state index is 0.126. The molecule has 4 rings (SSSR count). The Hall–Kier alpha value is -2.73. The van der Waals surface area contributed by atoms with Crippen LogP contribution in [0.5, 0.6) is 5.75 Å². The van der Waals surface area contributed by atoms with Crippen LogP contribution in [0.25, 0.3) is 22.3 Å². The highest BCUT2D eigenvalue weighted by Gasteiger charge is 2.24. The molecule has 1 unspecified atom stereocenters. The minimum atomic E-state index is -0.312. The molecule has 1 aliphatic heterocycles. The van der Waals surface area contributed by atoms with Crippen LogP contribution in [0.15, 0.2) is 42.5 Å². The molecule has 1 aromatic heterocycles. The smallest absolute Gasteiger partial charge is 0.165 e. The van der Waals surface area contributed by atoms with Gasteiger partial charge in [0.05, 0.1) is 17.7 Å². The first-order valence-corrected chi connectivity index (χ1v) is 9.15. The maximum Gasteiger partial charge on any atom is 0.165 e. The number of aromatic nitrogens is 2. The SMILES string of the molecule is COCC1CCCN(c2nc(-c3ccccc3O)nc3ccc(F)cc23)C1. The van der Waals surface area contributed by atoms with Gasteiger partial charge in [0.15, 0.2) is 5.82 Å². The molecule has 6 heteroatoms. The number of hydrogen-bond acceptors (Lipinski definition) is 5. The van der Waals surface area contributed by atoms with Crippen molar-refractivity contribution in [1.82, 2.24) is 9.97 Å². The molecule has 1 N–H and O–H groups in total. The molecule has 0 bridgehead atoms. The van der Waals surface area contributed by atoms with E-state index in [2.05, 4.69) is 9.88 Å². The van der Waals surface area contributed by atoms with Gasteiger partial charge in [-0.15, -0.1) is 0 Å². The molecule has 0 amide bonds. The molecular formula is C21H22FN3O2. The van der Waals surface area contributed by atoms with Gasteiger partial charge >= 0.3 is 0 Å². The number of ether oxygens (including phenoxy) is 1. The van der Waals surface area contributed by atoms with Crippen molar-refractivity contribution >= 4 is 16.7 Å². The molecule has 0 saturated carbocycles. The van der Waals surface area contributed by atoms with Gasteiger partial charge in [0.2, 0.25) is 0 Å². The zero-order chi connectivity index (χ0) is 18.8. The average Bonchev–Trinajstić information content (AvgIpc) is 2.68. The van der Waals surface area contributed by atoms with Gasteiger partial charge in [-0.25, -0.2) is 14.4 Å². The molecule has 1 saturated heterocycles. The van der Waals surface area contributed by atoms with Gasteiger partial charge in [-0.3, -0.25) is 0 Å². The highest BCUT2D eigenvalue weighted by Crippen LogP contribution is 2.33. The Morgan fingerprint density at radius 1 is 1.22 bits per heavy atom. The van der Waals surface area contributed by atoms with E-state index in [0.29, 0.717) is 40.6 Å². The number of nitrogens with zero attached hydrogens (tertiary/aromatic N) is 3. The number of phenols is 1. The number of para-hydroxylation sites is 1. The normalized spacial score (nSPS) is 17.4. The number of hydrogen-bond donors (Lipinski definition) is 1. The van der Waals surface area contributed by atoms with Crippen LogP contribution >= 0.6 is 0 Å². The zero-order valence-electron chi connectivity index (χ0n) is 15.2. The summed E-state index contributed by atoms with van der Waals surface area (Å²) in [6, 6.07) is 11.5. The van der Waals surface area contributed by atoms with Crippen molar-refractivity contribution in [2.24, 2.45) is 5.92 Å². The summed E-state index contributed by atoms with van der Waals surface area (Å²) in [6.07, 6.45) is 2.13. The first kappa shape index (κ1) is 17.7. The Bertz CT molecular complexity index is 961. The van der Waals surface area contributed by atoms with Crippen LogP contribution in [0.1, 0.15) is 12.8 Å². The van der Waals surface area contributed by atoms with Crippen LogP contribution in [-0.4, -0.2) is 41.9 Å². The van der Waals surface area contributed by atoms with E-state index in [4.69, 9.17) is 9.72 Å². The van der Waals surface area contributed by atoms with Crippen molar-refractivity contribution in [3.8, 4) is 17.1 Å². The largest absolute Gasteiger partial charge is 0.507 e. The molecule has 0 aliphatic carbocycles. The van der Waals surface area contributed by atoms with E-state index in [9.17, 15) is 9.50 Å². The van der Waals surface area contributed by atoms with E-state index in [1.165, 1.54) is 12.1 Å². The number of fused-ring (bicyclic) bond motifs is 1. The number of aromatic hydroxyl groups is 1. The van der Waals surface area contributed by atoms with Gasteiger partial charge in [0.1, 0.15) is 17.4 Å². The quantitative estimate of drug-likeness (QED) is 0.755. The summed E-state index contributed by atoms with van der Waals surface area (Å²) < 4.78 is 19.3. The number of benzene rings is 2. The number of piperidine rings is 1. The van der Waals surface area contributed by atoms with Crippen molar-refractivity contribution in [1.29, 1.82) is 0 Å². The fourth-order valence-electron chi connectivity index (χ4n) is 3.74. The first-order chi connectivity index (χ1) is 13.2. The summed E-state index contributed by atoms with van der Waals surface area (Å²) in [6.45, 7) is 2.35. The molecule has 27 heavy (non-hydrogen) atoms. The van der Waals surface area contributed by atoms with E-state index in [1.54, 1.807) is 31.4 Å². The third kappa shape index (κ3) is 3.57. The van der Waals surface area contributed by atoms with E-state index in [1.807, 2.05) is 6.07 Å². The second-order valence-corrected chi connectivity index (χ2v) is 6.96. The van der Waals surface area contributed by atoms with E-state index >= 15 is 0 Å². The van der Waals surface area contributed by atoms with Gasteiger partial charge in [-0.1, -0.05) is 12.1 Å². The molecule has 0 radical (unpaired) electrons. The Balaban J connectivity index is 1.84. The predicted octanol–water partition coefficient (Wildman–Crippen LogP) is 4.00. The van der Waals surface area contributed by atoms with E-state index < -0.39 is 0 Å². The molecule has 2 aromatic carbocycles. The van der Waals surface area contributed by atoms with Crippen LogP contribution in [-0.2, 0) is 4.74 Å². The van der Waals surface area contributed by atoms with Crippen molar-refractivity contribution in [2.75, 3.05) is 31.7 Å². The maximum atomic E-state index is 13.9. The van der Waals surface area contributed by atoms with Gasteiger partial charge < -0.3 is 14.7 Å². The van der Waals surface area contributed by atoms with Gasteiger partial charge in [-0.05, 0) is 49.1 Å². The van der Waals surface area contributed by atoms with Crippen LogP contribution < -0.4 is 4.90 Å². The lowest BCUT2D eigenvalue weighted by molar-refractivity contribution is 0.143. The Morgan fingerprint density at radius 3 is 2.89 bits per heavy atom. The molecule has 3 aromatic rings. The lowest BCUT2D eigenvalue weighted by atomic mass is 9.98. The summed E-state index contributed by atoms with van der Waals surface area (Å²) in [5, 5.41) is 10.9. The average molecular weight is 367 g/mol. The molecular weight excluding hydrogens is 345 g/mol. The summed E-state index contributed by atoms with van der Waals surface area (Å²) in [7, 11) is 1.71. The Labute approximate surface area is 157 Å². The molecule has 140 valence electrons. The molecule has 5 nitrogen and oxygen atoms in total. The van der Waals surface area contributed by atoms with Crippen molar-refractivity contribution in [3.05, 3.63) is 48.3 Å². The Morgan fingerprint density at radius 2 is 2.07 bits per heavy atom. The lowest BCUT2D eigenvalue weighted by Gasteiger charge is -2.34. The van der Waals surface area contributed by atoms with Gasteiger partial charge in [0, 0.05) is 25.6 Å². The summed E-state index contributed by atoms with van der Waals surface area (Å²) in [5.74, 6) is 1.37. The predicted molar refractivity (Wildman–Crippen MR) is 103 cm³/mol. The fourth-order valence-corrected chi connectivity index (χ4v) is 3.74. The number of halogens is 1. The molecule has 2 heterocycles. The number of methoxy groups -OCH3 is 1. The van der Waals surface area contributed by atoms with Crippen LogP contribution in [0.2, 0.25) is 0 Å². The molecule has 1 aliphatic rings. The summed E-state index contributed by atoms with van der Waals surface area (Å²) >= 11 is 0.